The molecule has 0 saturated heterocycles. The van der Waals surface area contributed by atoms with Gasteiger partial charge in [-0.15, -0.1) is 6.42 Å². The number of hydrogen-bond donors (Lipinski definition) is 1. The fourth-order valence-corrected chi connectivity index (χ4v) is 1.55. The van der Waals surface area contributed by atoms with Crippen molar-refractivity contribution in [2.24, 2.45) is 0 Å². The van der Waals surface area contributed by atoms with Crippen LogP contribution in [0.2, 0.25) is 10.0 Å². The van der Waals surface area contributed by atoms with Crippen molar-refractivity contribution in [2.75, 3.05) is 6.54 Å². The maximum Gasteiger partial charge on any atom is 0.261 e. The Balaban J connectivity index is 2.65. The molecule has 0 bridgehead atoms. The van der Waals surface area contributed by atoms with Gasteiger partial charge in [0, 0.05) is 5.02 Å². The van der Waals surface area contributed by atoms with E-state index < -0.39 is 6.10 Å². The molecule has 1 aromatic rings. The highest BCUT2D eigenvalue weighted by molar-refractivity contribution is 6.35. The van der Waals surface area contributed by atoms with Crippen molar-refractivity contribution >= 4 is 29.1 Å². The number of carbonyl (C=O) groups is 1. The molecule has 0 spiro atoms. The summed E-state index contributed by atoms with van der Waals surface area (Å²) in [5, 5.41) is 3.38. The van der Waals surface area contributed by atoms with Crippen LogP contribution >= 0.6 is 23.2 Å². The molecular formula is C12H11Cl2NO2. The highest BCUT2D eigenvalue weighted by atomic mass is 35.5. The van der Waals surface area contributed by atoms with Crippen LogP contribution in [0.5, 0.6) is 5.75 Å². The van der Waals surface area contributed by atoms with Gasteiger partial charge in [0.05, 0.1) is 11.6 Å². The van der Waals surface area contributed by atoms with Crippen molar-refractivity contribution in [3.05, 3.63) is 28.2 Å². The SMILES string of the molecule is C#CCNC(=O)[C@@H](C)Oc1ccc(Cl)cc1Cl. The first kappa shape index (κ1) is 13.7. The molecule has 17 heavy (non-hydrogen) atoms. The Morgan fingerprint density at radius 2 is 2.29 bits per heavy atom. The molecule has 0 aliphatic rings. The number of benzene rings is 1. The minimum Gasteiger partial charge on any atom is -0.479 e. The maximum atomic E-state index is 11.5. The third kappa shape index (κ3) is 4.18. The smallest absolute Gasteiger partial charge is 0.261 e. The lowest BCUT2D eigenvalue weighted by Crippen LogP contribution is -2.36. The van der Waals surface area contributed by atoms with Gasteiger partial charge in [-0.3, -0.25) is 4.79 Å². The standard InChI is InChI=1S/C12H11Cl2NO2/c1-3-6-15-12(16)8(2)17-11-5-4-9(13)7-10(11)14/h1,4-5,7-8H,6H2,2H3,(H,15,16)/t8-/m1/s1. The van der Waals surface area contributed by atoms with E-state index >= 15 is 0 Å². The quantitative estimate of drug-likeness (QED) is 0.855. The van der Waals surface area contributed by atoms with Gasteiger partial charge in [0.15, 0.2) is 6.10 Å². The molecular weight excluding hydrogens is 261 g/mol. The lowest BCUT2D eigenvalue weighted by atomic mass is 10.3. The normalized spacial score (nSPS) is 11.4. The molecule has 1 amide bonds. The molecule has 0 radical (unpaired) electrons. The minimum absolute atomic E-state index is 0.168. The molecule has 0 aromatic heterocycles. The minimum atomic E-state index is -0.679. The summed E-state index contributed by atoms with van der Waals surface area (Å²) in [6.07, 6.45) is 4.35. The Bertz CT molecular complexity index is 454. The first-order valence-electron chi connectivity index (χ1n) is 4.87. The first-order chi connectivity index (χ1) is 8.04. The molecule has 3 nitrogen and oxygen atoms in total. The Morgan fingerprint density at radius 3 is 2.88 bits per heavy atom. The molecule has 1 aromatic carbocycles. The molecule has 0 unspecified atom stereocenters. The number of rotatable bonds is 4. The predicted molar refractivity (Wildman–Crippen MR) is 68.4 cm³/mol. The van der Waals surface area contributed by atoms with E-state index in [0.29, 0.717) is 15.8 Å². The van der Waals surface area contributed by atoms with Gasteiger partial charge in [0.1, 0.15) is 5.75 Å². The van der Waals surface area contributed by atoms with E-state index in [2.05, 4.69) is 11.2 Å². The van der Waals surface area contributed by atoms with Crippen LogP contribution in [-0.2, 0) is 4.79 Å². The summed E-state index contributed by atoms with van der Waals surface area (Å²) < 4.78 is 5.39. The highest BCUT2D eigenvalue weighted by Gasteiger charge is 2.15. The summed E-state index contributed by atoms with van der Waals surface area (Å²) in [7, 11) is 0. The molecule has 0 aliphatic heterocycles. The third-order valence-corrected chi connectivity index (χ3v) is 2.46. The van der Waals surface area contributed by atoms with E-state index in [1.165, 1.54) is 0 Å². The average Bonchev–Trinajstić information content (AvgIpc) is 2.29. The Morgan fingerprint density at radius 1 is 1.59 bits per heavy atom. The summed E-state index contributed by atoms with van der Waals surface area (Å²) in [5.41, 5.74) is 0. The summed E-state index contributed by atoms with van der Waals surface area (Å²) in [6.45, 7) is 1.78. The molecule has 0 heterocycles. The van der Waals surface area contributed by atoms with E-state index in [0.717, 1.165) is 0 Å². The van der Waals surface area contributed by atoms with E-state index in [1.54, 1.807) is 25.1 Å². The van der Waals surface area contributed by atoms with Crippen LogP contribution in [0.4, 0.5) is 0 Å². The largest absolute Gasteiger partial charge is 0.479 e. The highest BCUT2D eigenvalue weighted by Crippen LogP contribution is 2.28. The maximum absolute atomic E-state index is 11.5. The molecule has 1 rings (SSSR count). The number of hydrogen-bond acceptors (Lipinski definition) is 2. The van der Waals surface area contributed by atoms with Crippen LogP contribution in [0.1, 0.15) is 6.92 Å². The summed E-state index contributed by atoms with van der Waals surface area (Å²) in [6, 6.07) is 4.79. The second-order valence-corrected chi connectivity index (χ2v) is 4.10. The van der Waals surface area contributed by atoms with Crippen molar-refractivity contribution in [3.8, 4) is 18.1 Å². The average molecular weight is 272 g/mol. The van der Waals surface area contributed by atoms with Gasteiger partial charge in [-0.05, 0) is 25.1 Å². The van der Waals surface area contributed by atoms with Crippen LogP contribution in [-0.4, -0.2) is 18.6 Å². The fourth-order valence-electron chi connectivity index (χ4n) is 1.10. The number of nitrogens with one attached hydrogen (secondary N) is 1. The summed E-state index contributed by atoms with van der Waals surface area (Å²) in [5.74, 6) is 2.41. The van der Waals surface area contributed by atoms with Crippen LogP contribution in [0, 0.1) is 12.3 Å². The van der Waals surface area contributed by atoms with Gasteiger partial charge in [0.25, 0.3) is 5.91 Å². The van der Waals surface area contributed by atoms with E-state index in [4.69, 9.17) is 34.4 Å². The number of ether oxygens (including phenoxy) is 1. The van der Waals surface area contributed by atoms with Gasteiger partial charge in [-0.1, -0.05) is 29.1 Å². The molecule has 1 atom stereocenters. The number of halogens is 2. The van der Waals surface area contributed by atoms with Crippen molar-refractivity contribution in [1.29, 1.82) is 0 Å². The number of carbonyl (C=O) groups excluding carboxylic acids is 1. The Kier molecular flexibility index (Phi) is 5.14. The van der Waals surface area contributed by atoms with Gasteiger partial charge in [-0.25, -0.2) is 0 Å². The van der Waals surface area contributed by atoms with Crippen LogP contribution in [0.3, 0.4) is 0 Å². The van der Waals surface area contributed by atoms with Crippen molar-refractivity contribution in [2.45, 2.75) is 13.0 Å². The molecule has 90 valence electrons. The lowest BCUT2D eigenvalue weighted by Gasteiger charge is -2.14. The molecule has 1 N–H and O–H groups in total. The predicted octanol–water partition coefficient (Wildman–Crippen LogP) is 2.51. The van der Waals surface area contributed by atoms with Gasteiger partial charge >= 0.3 is 0 Å². The molecule has 5 heteroatoms. The van der Waals surface area contributed by atoms with Crippen molar-refractivity contribution < 1.29 is 9.53 Å². The van der Waals surface area contributed by atoms with Gasteiger partial charge < -0.3 is 10.1 Å². The molecule has 0 saturated carbocycles. The lowest BCUT2D eigenvalue weighted by molar-refractivity contribution is -0.126. The second kappa shape index (κ2) is 6.39. The Hall–Kier alpha value is -1.37. The fraction of sp³-hybridized carbons (Fsp3) is 0.250. The van der Waals surface area contributed by atoms with Crippen LogP contribution < -0.4 is 10.1 Å². The Labute approximate surface area is 110 Å². The van der Waals surface area contributed by atoms with E-state index in [1.807, 2.05) is 0 Å². The number of terminal acetylenes is 1. The summed E-state index contributed by atoms with van der Waals surface area (Å²) >= 11 is 11.7. The zero-order valence-corrected chi connectivity index (χ0v) is 10.7. The number of amides is 1. The van der Waals surface area contributed by atoms with E-state index in [9.17, 15) is 4.79 Å². The monoisotopic (exact) mass is 271 g/mol. The molecule has 0 aliphatic carbocycles. The third-order valence-electron chi connectivity index (χ3n) is 1.93. The van der Waals surface area contributed by atoms with E-state index in [-0.39, 0.29) is 12.5 Å². The van der Waals surface area contributed by atoms with Crippen molar-refractivity contribution in [1.82, 2.24) is 5.32 Å². The zero-order chi connectivity index (χ0) is 12.8. The second-order valence-electron chi connectivity index (χ2n) is 3.26. The zero-order valence-electron chi connectivity index (χ0n) is 9.17. The van der Waals surface area contributed by atoms with Gasteiger partial charge in [-0.2, -0.15) is 0 Å². The first-order valence-corrected chi connectivity index (χ1v) is 5.63. The topological polar surface area (TPSA) is 38.3 Å². The van der Waals surface area contributed by atoms with Gasteiger partial charge in [0.2, 0.25) is 0 Å². The molecule has 0 fully saturated rings. The van der Waals surface area contributed by atoms with Crippen LogP contribution in [0.25, 0.3) is 0 Å². The van der Waals surface area contributed by atoms with Crippen LogP contribution in [0.15, 0.2) is 18.2 Å². The summed E-state index contributed by atoms with van der Waals surface area (Å²) in [4.78, 5) is 11.5. The van der Waals surface area contributed by atoms with Crippen molar-refractivity contribution in [3.63, 3.8) is 0 Å².